The van der Waals surface area contributed by atoms with Crippen molar-refractivity contribution in [2.24, 2.45) is 0 Å². The van der Waals surface area contributed by atoms with E-state index in [1.807, 2.05) is 61.7 Å². The lowest BCUT2D eigenvalue weighted by molar-refractivity contribution is 1.17. The highest BCUT2D eigenvalue weighted by atomic mass is 14.9. The third kappa shape index (κ3) is 2.57. The van der Waals surface area contributed by atoms with Gasteiger partial charge in [0.05, 0.1) is 11.2 Å². The number of fused-ring (bicyclic) bond motifs is 1. The molecule has 0 fully saturated rings. The van der Waals surface area contributed by atoms with Gasteiger partial charge in [-0.2, -0.15) is 0 Å². The van der Waals surface area contributed by atoms with Crippen LogP contribution in [0.1, 0.15) is 5.56 Å². The molecule has 0 radical (unpaired) electrons. The zero-order valence-electron chi connectivity index (χ0n) is 12.8. The van der Waals surface area contributed by atoms with Gasteiger partial charge in [-0.15, -0.1) is 0 Å². The van der Waals surface area contributed by atoms with Crippen molar-refractivity contribution in [3.8, 4) is 22.8 Å². The van der Waals surface area contributed by atoms with Crippen LogP contribution in [0.3, 0.4) is 0 Å². The van der Waals surface area contributed by atoms with Crippen LogP contribution in [-0.2, 0) is 0 Å². The second-order valence-corrected chi connectivity index (χ2v) is 5.50. The van der Waals surface area contributed by atoms with E-state index in [9.17, 15) is 0 Å². The summed E-state index contributed by atoms with van der Waals surface area (Å²) in [5.41, 5.74) is 4.86. The number of pyridine rings is 1. The summed E-state index contributed by atoms with van der Waals surface area (Å²) in [5, 5.41) is 1.05. The third-order valence-electron chi connectivity index (χ3n) is 3.79. The molecule has 0 saturated carbocycles. The number of aryl methyl sites for hydroxylation is 1. The molecule has 0 aliphatic heterocycles. The number of benzene rings is 2. The summed E-state index contributed by atoms with van der Waals surface area (Å²) in [6.45, 7) is 2.02. The summed E-state index contributed by atoms with van der Waals surface area (Å²) >= 11 is 0. The highest BCUT2D eigenvalue weighted by Gasteiger charge is 2.11. The molecule has 0 bridgehead atoms. The molecule has 0 saturated heterocycles. The molecule has 4 rings (SSSR count). The van der Waals surface area contributed by atoms with Crippen LogP contribution in [0.4, 0.5) is 0 Å². The van der Waals surface area contributed by atoms with Crippen molar-refractivity contribution in [1.29, 1.82) is 0 Å². The molecule has 0 spiro atoms. The van der Waals surface area contributed by atoms with Gasteiger partial charge in [0.25, 0.3) is 0 Å². The van der Waals surface area contributed by atoms with Crippen molar-refractivity contribution >= 4 is 10.9 Å². The Labute approximate surface area is 134 Å². The minimum Gasteiger partial charge on any atom is -0.253 e. The van der Waals surface area contributed by atoms with Crippen LogP contribution >= 0.6 is 0 Å². The molecule has 0 aliphatic carbocycles. The first-order chi connectivity index (χ1) is 11.3. The fourth-order valence-corrected chi connectivity index (χ4v) is 2.61. The van der Waals surface area contributed by atoms with Crippen LogP contribution in [0.25, 0.3) is 33.7 Å². The summed E-state index contributed by atoms with van der Waals surface area (Å²) in [5.74, 6) is 0.655. The highest BCUT2D eigenvalue weighted by Crippen LogP contribution is 2.28. The van der Waals surface area contributed by atoms with Crippen molar-refractivity contribution in [1.82, 2.24) is 15.0 Å². The Morgan fingerprint density at radius 1 is 0.739 bits per heavy atom. The Kier molecular flexibility index (Phi) is 3.31. The molecule has 23 heavy (non-hydrogen) atoms. The molecule has 2 heterocycles. The van der Waals surface area contributed by atoms with Crippen molar-refractivity contribution < 1.29 is 0 Å². The fourth-order valence-electron chi connectivity index (χ4n) is 2.61. The average molecular weight is 297 g/mol. The summed E-state index contributed by atoms with van der Waals surface area (Å²) in [6, 6.07) is 22.3. The number of hydrogen-bond donors (Lipinski definition) is 0. The maximum atomic E-state index is 4.80. The second kappa shape index (κ2) is 5.61. The van der Waals surface area contributed by atoms with E-state index in [4.69, 9.17) is 4.98 Å². The van der Waals surface area contributed by atoms with E-state index in [2.05, 4.69) is 28.2 Å². The van der Waals surface area contributed by atoms with Gasteiger partial charge in [0.2, 0.25) is 0 Å². The Morgan fingerprint density at radius 3 is 2.30 bits per heavy atom. The predicted molar refractivity (Wildman–Crippen MR) is 92.9 cm³/mol. The summed E-state index contributed by atoms with van der Waals surface area (Å²) in [6.07, 6.45) is 1.84. The summed E-state index contributed by atoms with van der Waals surface area (Å²) < 4.78 is 0. The molecule has 2 aromatic heterocycles. The third-order valence-corrected chi connectivity index (χ3v) is 3.79. The van der Waals surface area contributed by atoms with E-state index >= 15 is 0 Å². The molecule has 4 aromatic rings. The molecular formula is C20H15N3. The van der Waals surface area contributed by atoms with Gasteiger partial charge in [0.1, 0.15) is 5.69 Å². The first kappa shape index (κ1) is 13.6. The number of rotatable bonds is 2. The zero-order valence-corrected chi connectivity index (χ0v) is 12.8. The van der Waals surface area contributed by atoms with Crippen molar-refractivity contribution in [2.45, 2.75) is 6.92 Å². The SMILES string of the molecule is Cc1ccc(-c2nc(-c3ccccc3)c3ccccc3n2)nc1. The quantitative estimate of drug-likeness (QED) is 0.540. The lowest BCUT2D eigenvalue weighted by Gasteiger charge is -2.09. The maximum Gasteiger partial charge on any atom is 0.179 e. The number of hydrogen-bond acceptors (Lipinski definition) is 3. The number of aromatic nitrogens is 3. The average Bonchev–Trinajstić information content (AvgIpc) is 2.62. The predicted octanol–water partition coefficient (Wildman–Crippen LogP) is 4.67. The number of para-hydroxylation sites is 1. The van der Waals surface area contributed by atoms with Crippen LogP contribution in [-0.4, -0.2) is 15.0 Å². The smallest absolute Gasteiger partial charge is 0.179 e. The van der Waals surface area contributed by atoms with Crippen LogP contribution in [0, 0.1) is 6.92 Å². The van der Waals surface area contributed by atoms with Gasteiger partial charge in [-0.25, -0.2) is 9.97 Å². The zero-order chi connectivity index (χ0) is 15.6. The first-order valence-corrected chi connectivity index (χ1v) is 7.56. The lowest BCUT2D eigenvalue weighted by atomic mass is 10.1. The summed E-state index contributed by atoms with van der Waals surface area (Å²) in [7, 11) is 0. The van der Waals surface area contributed by atoms with Crippen LogP contribution in [0.15, 0.2) is 72.9 Å². The minimum atomic E-state index is 0.655. The van der Waals surface area contributed by atoms with Crippen molar-refractivity contribution in [3.63, 3.8) is 0 Å². The Hall–Kier alpha value is -3.07. The molecule has 0 unspecified atom stereocenters. The monoisotopic (exact) mass is 297 g/mol. The Morgan fingerprint density at radius 2 is 1.52 bits per heavy atom. The Bertz CT molecular complexity index is 961. The Balaban J connectivity index is 1.99. The van der Waals surface area contributed by atoms with E-state index in [0.717, 1.165) is 33.4 Å². The van der Waals surface area contributed by atoms with E-state index in [-0.39, 0.29) is 0 Å². The molecule has 3 nitrogen and oxygen atoms in total. The van der Waals surface area contributed by atoms with Gasteiger partial charge >= 0.3 is 0 Å². The van der Waals surface area contributed by atoms with Gasteiger partial charge in [0, 0.05) is 17.1 Å². The van der Waals surface area contributed by atoms with Crippen molar-refractivity contribution in [2.75, 3.05) is 0 Å². The molecule has 3 heteroatoms. The molecular weight excluding hydrogens is 282 g/mol. The van der Waals surface area contributed by atoms with Crippen LogP contribution in [0.2, 0.25) is 0 Å². The molecule has 0 amide bonds. The molecule has 2 aromatic carbocycles. The fraction of sp³-hybridized carbons (Fsp3) is 0.0500. The molecule has 0 aliphatic rings. The molecule has 0 atom stereocenters. The minimum absolute atomic E-state index is 0.655. The van der Waals surface area contributed by atoms with E-state index < -0.39 is 0 Å². The van der Waals surface area contributed by atoms with Gasteiger partial charge in [-0.1, -0.05) is 54.6 Å². The maximum absolute atomic E-state index is 4.80. The van der Waals surface area contributed by atoms with Gasteiger partial charge < -0.3 is 0 Å². The van der Waals surface area contributed by atoms with E-state index in [1.54, 1.807) is 0 Å². The highest BCUT2D eigenvalue weighted by molar-refractivity contribution is 5.93. The van der Waals surface area contributed by atoms with Crippen LogP contribution in [0.5, 0.6) is 0 Å². The normalized spacial score (nSPS) is 10.8. The van der Waals surface area contributed by atoms with E-state index in [1.165, 1.54) is 0 Å². The van der Waals surface area contributed by atoms with Gasteiger partial charge in [0.15, 0.2) is 5.82 Å². The number of nitrogens with zero attached hydrogens (tertiary/aromatic N) is 3. The largest absolute Gasteiger partial charge is 0.253 e. The van der Waals surface area contributed by atoms with Gasteiger partial charge in [-0.3, -0.25) is 4.98 Å². The van der Waals surface area contributed by atoms with Gasteiger partial charge in [-0.05, 0) is 24.6 Å². The topological polar surface area (TPSA) is 38.7 Å². The lowest BCUT2D eigenvalue weighted by Crippen LogP contribution is -1.96. The van der Waals surface area contributed by atoms with Crippen LogP contribution < -0.4 is 0 Å². The second-order valence-electron chi connectivity index (χ2n) is 5.50. The summed E-state index contributed by atoms with van der Waals surface area (Å²) in [4.78, 5) is 14.0. The van der Waals surface area contributed by atoms with E-state index in [0.29, 0.717) is 5.82 Å². The molecule has 110 valence electrons. The standard InChI is InChI=1S/C20H15N3/c1-14-11-12-18(21-13-14)20-22-17-10-6-5-9-16(17)19(23-20)15-7-3-2-4-8-15/h2-13H,1H3. The van der Waals surface area contributed by atoms with Crippen molar-refractivity contribution in [3.05, 3.63) is 78.5 Å². The molecule has 0 N–H and O–H groups in total. The first-order valence-electron chi connectivity index (χ1n) is 7.56.